The van der Waals surface area contributed by atoms with Crippen molar-refractivity contribution in [2.45, 2.75) is 45.1 Å². The van der Waals surface area contributed by atoms with Gasteiger partial charge in [0.25, 0.3) is 0 Å². The highest BCUT2D eigenvalue weighted by Crippen LogP contribution is 2.19. The number of ether oxygens (including phenoxy) is 1. The van der Waals surface area contributed by atoms with Crippen molar-refractivity contribution in [1.29, 1.82) is 0 Å². The van der Waals surface area contributed by atoms with E-state index in [1.807, 2.05) is 0 Å². The molecule has 1 unspecified atom stereocenters. The molecule has 0 radical (unpaired) electrons. The summed E-state index contributed by atoms with van der Waals surface area (Å²) in [6, 6.07) is -0.408. The van der Waals surface area contributed by atoms with Gasteiger partial charge in [0.15, 0.2) is 0 Å². The third kappa shape index (κ3) is 3.77. The first kappa shape index (κ1) is 13.6. The van der Waals surface area contributed by atoms with Crippen LogP contribution in [0.15, 0.2) is 0 Å². The molecule has 0 aromatic rings. The zero-order chi connectivity index (χ0) is 12.7. The Morgan fingerprint density at radius 3 is 2.88 bits per heavy atom. The molecule has 1 heterocycles. The van der Waals surface area contributed by atoms with Crippen molar-refractivity contribution in [1.82, 2.24) is 4.90 Å². The average Bonchev–Trinajstić information content (AvgIpc) is 2.36. The minimum atomic E-state index is -0.408. The van der Waals surface area contributed by atoms with Crippen LogP contribution >= 0.6 is 0 Å². The third-order valence-electron chi connectivity index (χ3n) is 2.87. The van der Waals surface area contributed by atoms with Gasteiger partial charge in [-0.1, -0.05) is 0 Å². The van der Waals surface area contributed by atoms with E-state index in [4.69, 9.17) is 11.2 Å². The number of nitrogens with zero attached hydrogens (tertiary/aromatic N) is 1. The number of rotatable bonds is 4. The lowest BCUT2D eigenvalue weighted by molar-refractivity contribution is -0.156. The Hall–Kier alpha value is -1.50. The van der Waals surface area contributed by atoms with E-state index < -0.39 is 6.04 Å². The highest BCUT2D eigenvalue weighted by Gasteiger charge is 2.32. The summed E-state index contributed by atoms with van der Waals surface area (Å²) < 4.78 is 4.99. The summed E-state index contributed by atoms with van der Waals surface area (Å²) in [4.78, 5) is 25.3. The van der Waals surface area contributed by atoms with Crippen molar-refractivity contribution < 1.29 is 14.3 Å². The highest BCUT2D eigenvalue weighted by molar-refractivity contribution is 5.84. The number of carbonyl (C=O) groups excluding carboxylic acids is 2. The number of amides is 1. The number of hydrogen-bond donors (Lipinski definition) is 0. The molecule has 1 fully saturated rings. The molecule has 1 saturated heterocycles. The molecule has 0 aliphatic carbocycles. The molecule has 0 aromatic heterocycles. The number of piperidine rings is 1. The van der Waals surface area contributed by atoms with Crippen LogP contribution in [-0.2, 0) is 14.3 Å². The van der Waals surface area contributed by atoms with Gasteiger partial charge < -0.3 is 9.64 Å². The second-order valence-electron chi connectivity index (χ2n) is 4.05. The molecule has 94 valence electrons. The Kier molecular flexibility index (Phi) is 5.55. The third-order valence-corrected chi connectivity index (χ3v) is 2.87. The van der Waals surface area contributed by atoms with E-state index in [0.29, 0.717) is 32.4 Å². The molecule has 0 aromatic carbocycles. The van der Waals surface area contributed by atoms with Crippen molar-refractivity contribution in [3.8, 4) is 12.3 Å². The molecule has 1 amide bonds. The Balaban J connectivity index is 2.62. The summed E-state index contributed by atoms with van der Waals surface area (Å²) >= 11 is 0. The van der Waals surface area contributed by atoms with Gasteiger partial charge in [0.2, 0.25) is 5.91 Å². The van der Waals surface area contributed by atoms with Gasteiger partial charge in [0.1, 0.15) is 6.04 Å². The van der Waals surface area contributed by atoms with Crippen LogP contribution in [0.1, 0.15) is 39.0 Å². The predicted octanol–water partition coefficient (Wildman–Crippen LogP) is 1.34. The average molecular weight is 237 g/mol. The number of hydrogen-bond acceptors (Lipinski definition) is 3. The Morgan fingerprint density at radius 2 is 2.24 bits per heavy atom. The number of carbonyl (C=O) groups is 2. The van der Waals surface area contributed by atoms with Crippen LogP contribution in [0.5, 0.6) is 0 Å². The maximum atomic E-state index is 11.9. The van der Waals surface area contributed by atoms with Crippen LogP contribution in [-0.4, -0.2) is 36.0 Å². The van der Waals surface area contributed by atoms with E-state index >= 15 is 0 Å². The second-order valence-corrected chi connectivity index (χ2v) is 4.05. The van der Waals surface area contributed by atoms with Gasteiger partial charge in [-0.15, -0.1) is 12.3 Å². The SMILES string of the molecule is C#CCCC(=O)N1CCCCC1C(=O)OCC. The predicted molar refractivity (Wildman–Crippen MR) is 64.1 cm³/mol. The summed E-state index contributed by atoms with van der Waals surface area (Å²) in [5.74, 6) is 2.11. The van der Waals surface area contributed by atoms with Gasteiger partial charge in [0, 0.05) is 19.4 Å². The first-order chi connectivity index (χ1) is 8.20. The Bertz CT molecular complexity index is 319. The lowest BCUT2D eigenvalue weighted by Crippen LogP contribution is -2.48. The zero-order valence-electron chi connectivity index (χ0n) is 10.3. The van der Waals surface area contributed by atoms with Gasteiger partial charge in [0.05, 0.1) is 6.61 Å². The minimum absolute atomic E-state index is 0.0410. The van der Waals surface area contributed by atoms with Crippen molar-refractivity contribution in [2.75, 3.05) is 13.2 Å². The zero-order valence-corrected chi connectivity index (χ0v) is 10.3. The van der Waals surface area contributed by atoms with Gasteiger partial charge >= 0.3 is 5.97 Å². The lowest BCUT2D eigenvalue weighted by atomic mass is 10.0. The van der Waals surface area contributed by atoms with E-state index in [1.54, 1.807) is 11.8 Å². The molecular weight excluding hydrogens is 218 g/mol. The molecule has 1 aliphatic heterocycles. The van der Waals surface area contributed by atoms with Gasteiger partial charge in [-0.05, 0) is 26.2 Å². The number of terminal acetylenes is 1. The van der Waals surface area contributed by atoms with Gasteiger partial charge in [-0.3, -0.25) is 4.79 Å². The molecule has 0 spiro atoms. The number of esters is 1. The van der Waals surface area contributed by atoms with E-state index in [0.717, 1.165) is 12.8 Å². The van der Waals surface area contributed by atoms with Gasteiger partial charge in [-0.25, -0.2) is 4.79 Å². The summed E-state index contributed by atoms with van der Waals surface area (Å²) in [5.41, 5.74) is 0. The first-order valence-electron chi connectivity index (χ1n) is 6.10. The summed E-state index contributed by atoms with van der Waals surface area (Å²) in [7, 11) is 0. The van der Waals surface area contributed by atoms with E-state index in [9.17, 15) is 9.59 Å². The maximum Gasteiger partial charge on any atom is 0.328 e. The quantitative estimate of drug-likeness (QED) is 0.547. The second kappa shape index (κ2) is 6.95. The normalized spacial score (nSPS) is 19.5. The minimum Gasteiger partial charge on any atom is -0.464 e. The van der Waals surface area contributed by atoms with Crippen LogP contribution in [0.3, 0.4) is 0 Å². The van der Waals surface area contributed by atoms with Crippen molar-refractivity contribution >= 4 is 11.9 Å². The largest absolute Gasteiger partial charge is 0.464 e. The maximum absolute atomic E-state index is 11.9. The Morgan fingerprint density at radius 1 is 1.47 bits per heavy atom. The molecule has 17 heavy (non-hydrogen) atoms. The number of likely N-dealkylation sites (tertiary alicyclic amines) is 1. The molecular formula is C13H19NO3. The van der Waals surface area contributed by atoms with Crippen molar-refractivity contribution in [2.24, 2.45) is 0 Å². The summed E-state index contributed by atoms with van der Waals surface area (Å²) in [6.07, 6.45) is 8.47. The molecule has 1 rings (SSSR count). The fraction of sp³-hybridized carbons (Fsp3) is 0.692. The van der Waals surface area contributed by atoms with Crippen LogP contribution in [0.4, 0.5) is 0 Å². The Labute approximate surface area is 102 Å². The molecule has 1 aliphatic rings. The van der Waals surface area contributed by atoms with Crippen molar-refractivity contribution in [3.63, 3.8) is 0 Å². The standard InChI is InChI=1S/C13H19NO3/c1-3-5-9-12(15)14-10-7-6-8-11(14)13(16)17-4-2/h1,11H,4-10H2,2H3. The molecule has 4 nitrogen and oxygen atoms in total. The molecule has 0 saturated carbocycles. The fourth-order valence-electron chi connectivity index (χ4n) is 2.04. The lowest BCUT2D eigenvalue weighted by Gasteiger charge is -2.34. The topological polar surface area (TPSA) is 46.6 Å². The highest BCUT2D eigenvalue weighted by atomic mass is 16.5. The first-order valence-corrected chi connectivity index (χ1v) is 6.10. The van der Waals surface area contributed by atoms with Crippen LogP contribution in [0.25, 0.3) is 0 Å². The summed E-state index contributed by atoms with van der Waals surface area (Å²) in [6.45, 7) is 2.75. The van der Waals surface area contributed by atoms with E-state index in [1.165, 1.54) is 0 Å². The van der Waals surface area contributed by atoms with E-state index in [-0.39, 0.29) is 11.9 Å². The van der Waals surface area contributed by atoms with Crippen LogP contribution < -0.4 is 0 Å². The van der Waals surface area contributed by atoms with Gasteiger partial charge in [-0.2, -0.15) is 0 Å². The fourth-order valence-corrected chi connectivity index (χ4v) is 2.04. The molecule has 1 atom stereocenters. The molecule has 0 bridgehead atoms. The molecule has 0 N–H and O–H groups in total. The van der Waals surface area contributed by atoms with Crippen LogP contribution in [0.2, 0.25) is 0 Å². The van der Waals surface area contributed by atoms with Crippen molar-refractivity contribution in [3.05, 3.63) is 0 Å². The smallest absolute Gasteiger partial charge is 0.328 e. The summed E-state index contributed by atoms with van der Waals surface area (Å²) in [5, 5.41) is 0. The molecule has 4 heteroatoms. The van der Waals surface area contributed by atoms with E-state index in [2.05, 4.69) is 5.92 Å². The monoisotopic (exact) mass is 237 g/mol. The van der Waals surface area contributed by atoms with Crippen LogP contribution in [0, 0.1) is 12.3 Å².